The molecule has 0 radical (unpaired) electrons. The molecule has 0 amide bonds. The Morgan fingerprint density at radius 1 is 0.404 bits per heavy atom. The van der Waals surface area contributed by atoms with Gasteiger partial charge in [0, 0.05) is 16.5 Å². The quantitative estimate of drug-likeness (QED) is 0.165. The molecule has 6 aromatic rings. The Hall–Kier alpha value is -4.32. The van der Waals surface area contributed by atoms with Gasteiger partial charge in [0.2, 0.25) is 0 Å². The molecule has 0 fully saturated rings. The Labute approximate surface area is 283 Å². The second-order valence-electron chi connectivity index (χ2n) is 15.8. The Morgan fingerprint density at radius 3 is 1.43 bits per heavy atom. The van der Waals surface area contributed by atoms with E-state index in [0.717, 1.165) is 22.5 Å². The summed E-state index contributed by atoms with van der Waals surface area (Å²) in [6, 6.07) is 47.8. The van der Waals surface area contributed by atoms with E-state index in [9.17, 15) is 0 Å². The smallest absolute Gasteiger partial charge is 0.0775 e. The molecule has 0 aliphatic heterocycles. The molecule has 0 saturated heterocycles. The summed E-state index contributed by atoms with van der Waals surface area (Å²) in [7, 11) is -2.79. The first-order valence-corrected chi connectivity index (χ1v) is 23.9. The van der Waals surface area contributed by atoms with Crippen molar-refractivity contribution in [1.82, 2.24) is 4.98 Å². The minimum atomic E-state index is -1.40. The van der Waals surface area contributed by atoms with Crippen LogP contribution >= 0.6 is 0 Å². The molecule has 3 heteroatoms. The van der Waals surface area contributed by atoms with Crippen LogP contribution < -0.4 is 10.4 Å². The third-order valence-electron chi connectivity index (χ3n) is 10.0. The maximum absolute atomic E-state index is 5.26. The summed E-state index contributed by atoms with van der Waals surface area (Å²) in [6.07, 6.45) is 0. The molecule has 1 heterocycles. The highest BCUT2D eigenvalue weighted by Gasteiger charge is 2.35. The largest absolute Gasteiger partial charge is 0.248 e. The molecule has 0 N–H and O–H groups in total. The van der Waals surface area contributed by atoms with E-state index in [1.165, 1.54) is 54.9 Å². The first-order valence-electron chi connectivity index (χ1n) is 16.9. The molecule has 0 unspecified atom stereocenters. The fourth-order valence-electron chi connectivity index (χ4n) is 7.04. The number of fused-ring (bicyclic) bond motifs is 3. The molecule has 0 bridgehead atoms. The van der Waals surface area contributed by atoms with Gasteiger partial charge in [-0.15, -0.1) is 0 Å². The van der Waals surface area contributed by atoms with Crippen LogP contribution in [0.2, 0.25) is 39.3 Å². The maximum Gasteiger partial charge on any atom is 0.0775 e. The van der Waals surface area contributed by atoms with Gasteiger partial charge < -0.3 is 0 Å². The molecule has 1 aromatic heterocycles. The van der Waals surface area contributed by atoms with E-state index in [4.69, 9.17) is 4.98 Å². The topological polar surface area (TPSA) is 12.9 Å². The second-order valence-corrected chi connectivity index (χ2v) is 25.9. The van der Waals surface area contributed by atoms with E-state index >= 15 is 0 Å². The summed E-state index contributed by atoms with van der Waals surface area (Å²) < 4.78 is 0. The third kappa shape index (κ3) is 5.88. The Bertz CT molecular complexity index is 2030. The average molecular weight is 644 g/mol. The minimum Gasteiger partial charge on any atom is -0.248 e. The van der Waals surface area contributed by atoms with Crippen molar-refractivity contribution in [3.8, 4) is 55.9 Å². The molecule has 7 rings (SSSR count). The highest BCUT2D eigenvalue weighted by Crippen LogP contribution is 2.49. The molecule has 0 saturated carbocycles. The molecule has 1 aliphatic carbocycles. The van der Waals surface area contributed by atoms with Gasteiger partial charge in [-0.3, -0.25) is 0 Å². The highest BCUT2D eigenvalue weighted by atomic mass is 28.3. The van der Waals surface area contributed by atoms with Gasteiger partial charge in [0.15, 0.2) is 0 Å². The van der Waals surface area contributed by atoms with Crippen molar-refractivity contribution in [2.45, 2.75) is 58.5 Å². The van der Waals surface area contributed by atoms with Crippen LogP contribution in [-0.2, 0) is 5.41 Å². The average Bonchev–Trinajstić information content (AvgIpc) is 3.30. The Balaban J connectivity index is 1.32. The predicted octanol–water partition coefficient (Wildman–Crippen LogP) is 11.1. The van der Waals surface area contributed by atoms with Gasteiger partial charge in [0.1, 0.15) is 0 Å². The van der Waals surface area contributed by atoms with E-state index in [0.29, 0.717) is 0 Å². The summed E-state index contributed by atoms with van der Waals surface area (Å²) in [6.45, 7) is 19.1. The van der Waals surface area contributed by atoms with Crippen LogP contribution in [-0.4, -0.2) is 21.1 Å². The standard InChI is InChI=1S/C44H45NSi2/c1-44(2)40-15-10-9-14-38(40)39-25-20-34(27-41(39)44)32-12-11-13-33(26-32)35-28-42(30-16-21-36(22-17-30)46(3,4)5)45-43(29-35)31-18-23-37(24-19-31)47(6,7)8/h9-29H,1-8H3. The van der Waals surface area contributed by atoms with Crippen LogP contribution in [0, 0.1) is 0 Å². The second kappa shape index (κ2) is 11.4. The molecule has 47 heavy (non-hydrogen) atoms. The maximum atomic E-state index is 5.26. The van der Waals surface area contributed by atoms with Crippen LogP contribution in [0.25, 0.3) is 55.9 Å². The lowest BCUT2D eigenvalue weighted by Gasteiger charge is -2.22. The summed E-state index contributed by atoms with van der Waals surface area (Å²) in [4.78, 5) is 5.26. The summed E-state index contributed by atoms with van der Waals surface area (Å²) in [5.74, 6) is 0. The van der Waals surface area contributed by atoms with Crippen molar-refractivity contribution in [2.75, 3.05) is 0 Å². The van der Waals surface area contributed by atoms with E-state index in [2.05, 4.69) is 181 Å². The zero-order valence-corrected chi connectivity index (χ0v) is 31.1. The lowest BCUT2D eigenvalue weighted by molar-refractivity contribution is 0.660. The zero-order chi connectivity index (χ0) is 33.1. The van der Waals surface area contributed by atoms with Crippen LogP contribution in [0.15, 0.2) is 127 Å². The fourth-order valence-corrected chi connectivity index (χ4v) is 9.37. The molecule has 5 aromatic carbocycles. The monoisotopic (exact) mass is 643 g/mol. The Morgan fingerprint density at radius 2 is 0.872 bits per heavy atom. The number of rotatable bonds is 6. The van der Waals surface area contributed by atoms with E-state index in [1.54, 1.807) is 0 Å². The number of aromatic nitrogens is 1. The first kappa shape index (κ1) is 31.3. The van der Waals surface area contributed by atoms with Crippen molar-refractivity contribution in [3.63, 3.8) is 0 Å². The molecule has 234 valence electrons. The molecule has 1 nitrogen and oxygen atoms in total. The SMILES string of the molecule is CC1(C)c2ccccc2-c2ccc(-c3cccc(-c4cc(-c5ccc([Si](C)(C)C)cc5)nc(-c5ccc([Si](C)(C)C)cc5)c4)c3)cc21. The van der Waals surface area contributed by atoms with Crippen LogP contribution in [0.3, 0.4) is 0 Å². The Kier molecular flexibility index (Phi) is 7.61. The van der Waals surface area contributed by atoms with Crippen LogP contribution in [0.5, 0.6) is 0 Å². The number of benzene rings is 5. The molecular weight excluding hydrogens is 599 g/mol. The van der Waals surface area contributed by atoms with Crippen molar-refractivity contribution in [1.29, 1.82) is 0 Å². The van der Waals surface area contributed by atoms with Crippen molar-refractivity contribution < 1.29 is 0 Å². The van der Waals surface area contributed by atoms with Gasteiger partial charge in [-0.05, 0) is 68.8 Å². The normalized spacial score (nSPS) is 13.7. The van der Waals surface area contributed by atoms with Crippen molar-refractivity contribution >= 4 is 26.5 Å². The molecular formula is C44H45NSi2. The third-order valence-corrected chi connectivity index (χ3v) is 14.2. The van der Waals surface area contributed by atoms with Crippen LogP contribution in [0.1, 0.15) is 25.0 Å². The number of hydrogen-bond acceptors (Lipinski definition) is 1. The van der Waals surface area contributed by atoms with Gasteiger partial charge >= 0.3 is 0 Å². The van der Waals surface area contributed by atoms with Gasteiger partial charge in [0.05, 0.1) is 27.5 Å². The van der Waals surface area contributed by atoms with E-state index in [1.807, 2.05) is 0 Å². The lowest BCUT2D eigenvalue weighted by Crippen LogP contribution is -2.37. The number of pyridine rings is 1. The molecule has 0 spiro atoms. The van der Waals surface area contributed by atoms with Gasteiger partial charge in [0.25, 0.3) is 0 Å². The number of nitrogens with zero attached hydrogens (tertiary/aromatic N) is 1. The lowest BCUT2D eigenvalue weighted by atomic mass is 9.81. The fraction of sp³-hybridized carbons (Fsp3) is 0.205. The van der Waals surface area contributed by atoms with E-state index in [-0.39, 0.29) is 5.41 Å². The van der Waals surface area contributed by atoms with E-state index < -0.39 is 16.1 Å². The first-order chi connectivity index (χ1) is 22.3. The highest BCUT2D eigenvalue weighted by molar-refractivity contribution is 6.89. The zero-order valence-electron chi connectivity index (χ0n) is 29.1. The van der Waals surface area contributed by atoms with Gasteiger partial charge in [-0.25, -0.2) is 4.98 Å². The summed E-state index contributed by atoms with van der Waals surface area (Å²) >= 11 is 0. The summed E-state index contributed by atoms with van der Waals surface area (Å²) in [5.41, 5.74) is 14.7. The molecule has 1 aliphatic rings. The van der Waals surface area contributed by atoms with Gasteiger partial charge in [-0.1, -0.05) is 167 Å². The number of hydrogen-bond donors (Lipinski definition) is 0. The van der Waals surface area contributed by atoms with Crippen molar-refractivity contribution in [2.24, 2.45) is 0 Å². The summed E-state index contributed by atoms with van der Waals surface area (Å²) in [5, 5.41) is 2.93. The van der Waals surface area contributed by atoms with Gasteiger partial charge in [-0.2, -0.15) is 0 Å². The molecule has 0 atom stereocenters. The minimum absolute atomic E-state index is 0.0233. The van der Waals surface area contributed by atoms with Crippen LogP contribution in [0.4, 0.5) is 0 Å². The predicted molar refractivity (Wildman–Crippen MR) is 210 cm³/mol. The van der Waals surface area contributed by atoms with Crippen molar-refractivity contribution in [3.05, 3.63) is 139 Å².